The van der Waals surface area contributed by atoms with Gasteiger partial charge >= 0.3 is 0 Å². The van der Waals surface area contributed by atoms with Crippen molar-refractivity contribution >= 4 is 0 Å². The number of benzene rings is 1. The summed E-state index contributed by atoms with van der Waals surface area (Å²) in [5, 5.41) is 8.41. The Hall–Kier alpha value is -1.20. The molecule has 0 amide bonds. The zero-order valence-corrected chi connectivity index (χ0v) is 7.63. The van der Waals surface area contributed by atoms with Gasteiger partial charge < -0.3 is 9.94 Å². The highest BCUT2D eigenvalue weighted by Crippen LogP contribution is 2.29. The summed E-state index contributed by atoms with van der Waals surface area (Å²) in [4.78, 5) is 0. The van der Waals surface area contributed by atoms with E-state index in [1.807, 2.05) is 5.48 Å². The van der Waals surface area contributed by atoms with Crippen molar-refractivity contribution in [1.29, 1.82) is 0 Å². The van der Waals surface area contributed by atoms with E-state index in [9.17, 15) is 8.78 Å². The van der Waals surface area contributed by atoms with E-state index >= 15 is 0 Å². The average molecular weight is 203 g/mol. The summed E-state index contributed by atoms with van der Waals surface area (Å²) in [7, 11) is 1.34. The van der Waals surface area contributed by atoms with Crippen molar-refractivity contribution in [2.24, 2.45) is 0 Å². The van der Waals surface area contributed by atoms with E-state index in [4.69, 9.17) is 9.94 Å². The Morgan fingerprint density at radius 2 is 2.21 bits per heavy atom. The molecule has 0 aliphatic carbocycles. The second-order valence-electron chi connectivity index (χ2n) is 2.71. The number of hydrogen-bond acceptors (Lipinski definition) is 3. The molecule has 0 radical (unpaired) electrons. The molecule has 0 unspecified atom stereocenters. The van der Waals surface area contributed by atoms with Crippen LogP contribution in [0, 0.1) is 0 Å². The van der Waals surface area contributed by atoms with Crippen LogP contribution in [-0.4, -0.2) is 12.3 Å². The fourth-order valence-electron chi connectivity index (χ4n) is 1.16. The summed E-state index contributed by atoms with van der Waals surface area (Å²) in [5.74, 6) is 0.154. The highest BCUT2D eigenvalue weighted by Gasteiger charge is 2.13. The van der Waals surface area contributed by atoms with Gasteiger partial charge in [0.2, 0.25) is 0 Å². The normalized spacial score (nSPS) is 10.6. The van der Waals surface area contributed by atoms with E-state index in [0.717, 1.165) is 0 Å². The second-order valence-corrected chi connectivity index (χ2v) is 2.71. The molecular weight excluding hydrogens is 192 g/mol. The molecule has 0 fully saturated rings. The Bertz CT molecular complexity index is 305. The van der Waals surface area contributed by atoms with E-state index in [1.54, 1.807) is 6.07 Å². The minimum Gasteiger partial charge on any atom is -0.496 e. The van der Waals surface area contributed by atoms with E-state index < -0.39 is 6.43 Å². The standard InChI is InChI=1S/C9H11F2NO2/c1-14-8-3-2-6(5-12-13)4-7(8)9(10)11/h2-4,9,12-13H,5H2,1H3. The molecule has 78 valence electrons. The minimum absolute atomic E-state index is 0.129. The maximum Gasteiger partial charge on any atom is 0.267 e. The molecule has 3 nitrogen and oxygen atoms in total. The van der Waals surface area contributed by atoms with Gasteiger partial charge in [0.25, 0.3) is 6.43 Å². The van der Waals surface area contributed by atoms with Crippen molar-refractivity contribution in [3.8, 4) is 5.75 Å². The van der Waals surface area contributed by atoms with Crippen molar-refractivity contribution in [3.63, 3.8) is 0 Å². The number of rotatable bonds is 4. The summed E-state index contributed by atoms with van der Waals surface area (Å²) in [6.07, 6.45) is -2.58. The topological polar surface area (TPSA) is 41.5 Å². The van der Waals surface area contributed by atoms with Gasteiger partial charge in [-0.15, -0.1) is 0 Å². The maximum absolute atomic E-state index is 12.5. The van der Waals surface area contributed by atoms with Crippen molar-refractivity contribution in [3.05, 3.63) is 29.3 Å². The van der Waals surface area contributed by atoms with Gasteiger partial charge in [-0.05, 0) is 17.7 Å². The molecule has 14 heavy (non-hydrogen) atoms. The van der Waals surface area contributed by atoms with Crippen LogP contribution in [0.25, 0.3) is 0 Å². The van der Waals surface area contributed by atoms with Gasteiger partial charge in [-0.3, -0.25) is 0 Å². The van der Waals surface area contributed by atoms with E-state index in [0.29, 0.717) is 5.56 Å². The number of nitrogens with one attached hydrogen (secondary N) is 1. The first kappa shape index (κ1) is 10.9. The fourth-order valence-corrected chi connectivity index (χ4v) is 1.16. The lowest BCUT2D eigenvalue weighted by Gasteiger charge is -2.09. The molecule has 0 saturated heterocycles. The molecular formula is C9H11F2NO2. The van der Waals surface area contributed by atoms with E-state index in [2.05, 4.69) is 0 Å². The predicted molar refractivity (Wildman–Crippen MR) is 46.6 cm³/mol. The monoisotopic (exact) mass is 203 g/mol. The smallest absolute Gasteiger partial charge is 0.267 e. The van der Waals surface area contributed by atoms with Crippen molar-refractivity contribution in [1.82, 2.24) is 5.48 Å². The SMILES string of the molecule is COc1ccc(CNO)cc1C(F)F. The minimum atomic E-state index is -2.58. The molecule has 0 heterocycles. The van der Waals surface area contributed by atoms with Crippen LogP contribution in [0.5, 0.6) is 5.75 Å². The molecule has 0 aliphatic heterocycles. The zero-order valence-electron chi connectivity index (χ0n) is 7.63. The molecule has 0 bridgehead atoms. The molecule has 1 aromatic carbocycles. The number of alkyl halides is 2. The van der Waals surface area contributed by atoms with Crippen LogP contribution in [0.15, 0.2) is 18.2 Å². The van der Waals surface area contributed by atoms with Crippen molar-refractivity contribution < 1.29 is 18.7 Å². The lowest BCUT2D eigenvalue weighted by atomic mass is 10.1. The molecule has 2 N–H and O–H groups in total. The molecule has 0 aliphatic rings. The van der Waals surface area contributed by atoms with Crippen LogP contribution in [0.2, 0.25) is 0 Å². The van der Waals surface area contributed by atoms with Crippen molar-refractivity contribution in [2.75, 3.05) is 7.11 Å². The molecule has 0 atom stereocenters. The largest absolute Gasteiger partial charge is 0.496 e. The van der Waals surface area contributed by atoms with E-state index in [1.165, 1.54) is 19.2 Å². The van der Waals surface area contributed by atoms with Gasteiger partial charge in [-0.1, -0.05) is 6.07 Å². The van der Waals surface area contributed by atoms with E-state index in [-0.39, 0.29) is 17.9 Å². The van der Waals surface area contributed by atoms with Crippen LogP contribution < -0.4 is 10.2 Å². The fraction of sp³-hybridized carbons (Fsp3) is 0.333. The Morgan fingerprint density at radius 3 is 2.71 bits per heavy atom. The first-order valence-electron chi connectivity index (χ1n) is 4.01. The van der Waals surface area contributed by atoms with Crippen LogP contribution >= 0.6 is 0 Å². The number of ether oxygens (including phenoxy) is 1. The Kier molecular flexibility index (Phi) is 3.79. The number of hydroxylamine groups is 1. The Morgan fingerprint density at radius 1 is 1.50 bits per heavy atom. The highest BCUT2D eigenvalue weighted by molar-refractivity contribution is 5.38. The molecule has 1 rings (SSSR count). The molecule has 1 aromatic rings. The van der Waals surface area contributed by atoms with Crippen LogP contribution in [0.1, 0.15) is 17.6 Å². The third-order valence-corrected chi connectivity index (χ3v) is 1.81. The average Bonchev–Trinajstić information content (AvgIpc) is 2.18. The Labute approximate surface area is 80.3 Å². The van der Waals surface area contributed by atoms with Crippen LogP contribution in [0.3, 0.4) is 0 Å². The summed E-state index contributed by atoms with van der Waals surface area (Å²) in [6.45, 7) is 0.129. The maximum atomic E-state index is 12.5. The summed E-state index contributed by atoms with van der Waals surface area (Å²) in [5.41, 5.74) is 2.31. The number of hydrogen-bond donors (Lipinski definition) is 2. The summed E-state index contributed by atoms with van der Waals surface area (Å²) < 4.78 is 29.7. The first-order chi connectivity index (χ1) is 6.69. The van der Waals surface area contributed by atoms with Gasteiger partial charge in [0.05, 0.1) is 12.7 Å². The van der Waals surface area contributed by atoms with Gasteiger partial charge in [0.15, 0.2) is 0 Å². The number of methoxy groups -OCH3 is 1. The quantitative estimate of drug-likeness (QED) is 0.736. The highest BCUT2D eigenvalue weighted by atomic mass is 19.3. The van der Waals surface area contributed by atoms with Crippen LogP contribution in [-0.2, 0) is 6.54 Å². The number of halogens is 2. The third kappa shape index (κ3) is 2.40. The van der Waals surface area contributed by atoms with Gasteiger partial charge in [-0.25, -0.2) is 14.3 Å². The lowest BCUT2D eigenvalue weighted by Crippen LogP contribution is -2.06. The summed E-state index contributed by atoms with van der Waals surface area (Å²) in [6, 6.07) is 4.36. The third-order valence-electron chi connectivity index (χ3n) is 1.81. The second kappa shape index (κ2) is 4.88. The van der Waals surface area contributed by atoms with Gasteiger partial charge in [-0.2, -0.15) is 0 Å². The van der Waals surface area contributed by atoms with Gasteiger partial charge in [0, 0.05) is 6.54 Å². The molecule has 0 spiro atoms. The molecule has 0 aromatic heterocycles. The van der Waals surface area contributed by atoms with Crippen LogP contribution in [0.4, 0.5) is 8.78 Å². The summed E-state index contributed by atoms with van der Waals surface area (Å²) >= 11 is 0. The van der Waals surface area contributed by atoms with Gasteiger partial charge in [0.1, 0.15) is 5.75 Å². The van der Waals surface area contributed by atoms with Crippen molar-refractivity contribution in [2.45, 2.75) is 13.0 Å². The first-order valence-corrected chi connectivity index (χ1v) is 4.01. The molecule has 0 saturated carbocycles. The lowest BCUT2D eigenvalue weighted by molar-refractivity contribution is 0.145. The Balaban J connectivity index is 3.01. The zero-order chi connectivity index (χ0) is 10.6. The predicted octanol–water partition coefficient (Wildman–Crippen LogP) is 2.11. The molecule has 5 heteroatoms.